The molecule has 0 spiro atoms. The van der Waals surface area contributed by atoms with Gasteiger partial charge in [0, 0.05) is 6.42 Å². The molecule has 1 aromatic carbocycles. The molecule has 82 valence electrons. The van der Waals surface area contributed by atoms with Gasteiger partial charge >= 0.3 is 0 Å². The van der Waals surface area contributed by atoms with Gasteiger partial charge in [-0.05, 0) is 30.5 Å². The minimum absolute atomic E-state index is 0.0295. The molecule has 1 rings (SSSR count). The topological polar surface area (TPSA) is 37.3 Å². The SMILES string of the molecule is CCC(C)CC(=O)c1ccc(C)cc1O. The Bertz CT molecular complexity index is 356. The fraction of sp³-hybridized carbons (Fsp3) is 0.462. The van der Waals surface area contributed by atoms with Crippen LogP contribution in [0, 0.1) is 12.8 Å². The van der Waals surface area contributed by atoms with Gasteiger partial charge in [0.25, 0.3) is 0 Å². The van der Waals surface area contributed by atoms with E-state index >= 15 is 0 Å². The molecule has 0 aliphatic heterocycles. The number of phenols is 1. The average molecular weight is 206 g/mol. The van der Waals surface area contributed by atoms with E-state index in [0.717, 1.165) is 12.0 Å². The lowest BCUT2D eigenvalue weighted by Crippen LogP contribution is -2.05. The quantitative estimate of drug-likeness (QED) is 0.767. The first-order chi connectivity index (χ1) is 7.04. The highest BCUT2D eigenvalue weighted by atomic mass is 16.3. The predicted molar refractivity (Wildman–Crippen MR) is 61.2 cm³/mol. The first-order valence-electron chi connectivity index (χ1n) is 5.37. The van der Waals surface area contributed by atoms with Crippen LogP contribution < -0.4 is 0 Å². The molecule has 0 radical (unpaired) electrons. The Morgan fingerprint density at radius 3 is 2.67 bits per heavy atom. The van der Waals surface area contributed by atoms with Crippen molar-refractivity contribution in [1.29, 1.82) is 0 Å². The summed E-state index contributed by atoms with van der Waals surface area (Å²) in [7, 11) is 0. The zero-order valence-corrected chi connectivity index (χ0v) is 9.58. The van der Waals surface area contributed by atoms with Crippen molar-refractivity contribution in [3.05, 3.63) is 29.3 Å². The van der Waals surface area contributed by atoms with E-state index in [9.17, 15) is 9.90 Å². The average Bonchev–Trinajstić information content (AvgIpc) is 2.17. The summed E-state index contributed by atoms with van der Waals surface area (Å²) in [6.07, 6.45) is 1.49. The van der Waals surface area contributed by atoms with Crippen molar-refractivity contribution >= 4 is 5.78 Å². The number of aryl methyl sites for hydroxylation is 1. The molecule has 0 bridgehead atoms. The van der Waals surface area contributed by atoms with Crippen molar-refractivity contribution in [2.75, 3.05) is 0 Å². The van der Waals surface area contributed by atoms with Gasteiger partial charge in [-0.2, -0.15) is 0 Å². The highest BCUT2D eigenvalue weighted by molar-refractivity contribution is 5.98. The zero-order chi connectivity index (χ0) is 11.4. The molecule has 0 aliphatic carbocycles. The van der Waals surface area contributed by atoms with Crippen LogP contribution in [0.3, 0.4) is 0 Å². The molecular weight excluding hydrogens is 188 g/mol. The molecule has 0 aromatic heterocycles. The van der Waals surface area contributed by atoms with Gasteiger partial charge in [0.15, 0.2) is 5.78 Å². The number of phenolic OH excluding ortho intramolecular Hbond substituents is 1. The summed E-state index contributed by atoms with van der Waals surface area (Å²) in [5.74, 6) is 0.503. The first-order valence-corrected chi connectivity index (χ1v) is 5.37. The molecule has 0 saturated heterocycles. The Hall–Kier alpha value is -1.31. The summed E-state index contributed by atoms with van der Waals surface area (Å²) < 4.78 is 0. The number of Topliss-reactive ketones (excluding diaryl/α,β-unsaturated/α-hetero) is 1. The maximum Gasteiger partial charge on any atom is 0.166 e. The van der Waals surface area contributed by atoms with Gasteiger partial charge in [-0.3, -0.25) is 4.79 Å². The summed E-state index contributed by atoms with van der Waals surface area (Å²) >= 11 is 0. The second-order valence-corrected chi connectivity index (χ2v) is 4.16. The number of benzene rings is 1. The van der Waals surface area contributed by atoms with Crippen LogP contribution in [0.25, 0.3) is 0 Å². The Morgan fingerprint density at radius 1 is 1.47 bits per heavy atom. The van der Waals surface area contributed by atoms with Crippen LogP contribution in [0.5, 0.6) is 5.75 Å². The van der Waals surface area contributed by atoms with E-state index in [1.165, 1.54) is 0 Å². The summed E-state index contributed by atoms with van der Waals surface area (Å²) in [5, 5.41) is 9.63. The maximum atomic E-state index is 11.8. The lowest BCUT2D eigenvalue weighted by atomic mass is 9.97. The van der Waals surface area contributed by atoms with Crippen LogP contribution in [0.2, 0.25) is 0 Å². The molecule has 0 fully saturated rings. The number of ketones is 1. The van der Waals surface area contributed by atoms with Crippen molar-refractivity contribution in [2.24, 2.45) is 5.92 Å². The third kappa shape index (κ3) is 3.08. The smallest absolute Gasteiger partial charge is 0.166 e. The Morgan fingerprint density at radius 2 is 2.13 bits per heavy atom. The largest absolute Gasteiger partial charge is 0.507 e. The standard InChI is InChI=1S/C13H18O2/c1-4-9(2)7-12(14)11-6-5-10(3)8-13(11)15/h5-6,8-9,15H,4,7H2,1-3H3. The van der Waals surface area contributed by atoms with Gasteiger partial charge in [-0.1, -0.05) is 26.3 Å². The van der Waals surface area contributed by atoms with Crippen LogP contribution in [0.1, 0.15) is 42.6 Å². The van der Waals surface area contributed by atoms with E-state index in [2.05, 4.69) is 6.92 Å². The molecule has 2 nitrogen and oxygen atoms in total. The van der Waals surface area contributed by atoms with E-state index in [4.69, 9.17) is 0 Å². The molecule has 1 atom stereocenters. The lowest BCUT2D eigenvalue weighted by Gasteiger charge is -2.08. The van der Waals surface area contributed by atoms with Gasteiger partial charge in [0.2, 0.25) is 0 Å². The normalized spacial score (nSPS) is 12.5. The molecule has 0 aliphatic rings. The Kier molecular flexibility index (Phi) is 3.89. The van der Waals surface area contributed by atoms with Crippen molar-refractivity contribution in [2.45, 2.75) is 33.6 Å². The Balaban J connectivity index is 2.82. The van der Waals surface area contributed by atoms with Gasteiger partial charge < -0.3 is 5.11 Å². The summed E-state index contributed by atoms with van der Waals surface area (Å²) in [6, 6.07) is 5.18. The molecule has 0 amide bonds. The maximum absolute atomic E-state index is 11.8. The molecule has 0 saturated carbocycles. The second-order valence-electron chi connectivity index (χ2n) is 4.16. The number of carbonyl (C=O) groups excluding carboxylic acids is 1. The van der Waals surface area contributed by atoms with Crippen molar-refractivity contribution in [1.82, 2.24) is 0 Å². The second kappa shape index (κ2) is 4.96. The van der Waals surface area contributed by atoms with Crippen LogP contribution in [-0.2, 0) is 0 Å². The third-order valence-corrected chi connectivity index (χ3v) is 2.68. The monoisotopic (exact) mass is 206 g/mol. The van der Waals surface area contributed by atoms with Crippen LogP contribution >= 0.6 is 0 Å². The van der Waals surface area contributed by atoms with E-state index < -0.39 is 0 Å². The van der Waals surface area contributed by atoms with Crippen molar-refractivity contribution < 1.29 is 9.90 Å². The van der Waals surface area contributed by atoms with Crippen LogP contribution in [-0.4, -0.2) is 10.9 Å². The number of aromatic hydroxyl groups is 1. The fourth-order valence-corrected chi connectivity index (χ4v) is 1.45. The van der Waals surface area contributed by atoms with Gasteiger partial charge in [0.05, 0.1) is 5.56 Å². The number of hydrogen-bond acceptors (Lipinski definition) is 2. The van der Waals surface area contributed by atoms with Crippen molar-refractivity contribution in [3.8, 4) is 5.75 Å². The number of rotatable bonds is 4. The molecule has 1 unspecified atom stereocenters. The van der Waals surface area contributed by atoms with E-state index in [0.29, 0.717) is 17.9 Å². The number of carbonyl (C=O) groups is 1. The van der Waals surface area contributed by atoms with E-state index in [1.54, 1.807) is 12.1 Å². The van der Waals surface area contributed by atoms with E-state index in [1.807, 2.05) is 19.9 Å². The highest BCUT2D eigenvalue weighted by Crippen LogP contribution is 2.22. The van der Waals surface area contributed by atoms with Crippen LogP contribution in [0.15, 0.2) is 18.2 Å². The third-order valence-electron chi connectivity index (χ3n) is 2.68. The number of hydrogen-bond donors (Lipinski definition) is 1. The van der Waals surface area contributed by atoms with Crippen molar-refractivity contribution in [3.63, 3.8) is 0 Å². The minimum Gasteiger partial charge on any atom is -0.507 e. The molecular formula is C13H18O2. The van der Waals surface area contributed by atoms with Gasteiger partial charge in [-0.15, -0.1) is 0 Å². The summed E-state index contributed by atoms with van der Waals surface area (Å²) in [4.78, 5) is 11.8. The molecule has 2 heteroatoms. The van der Waals surface area contributed by atoms with Gasteiger partial charge in [0.1, 0.15) is 5.75 Å². The lowest BCUT2D eigenvalue weighted by molar-refractivity contribution is 0.0961. The van der Waals surface area contributed by atoms with Crippen LogP contribution in [0.4, 0.5) is 0 Å². The zero-order valence-electron chi connectivity index (χ0n) is 9.58. The first kappa shape index (κ1) is 11.8. The Labute approximate surface area is 90.9 Å². The predicted octanol–water partition coefficient (Wildman–Crippen LogP) is 3.32. The van der Waals surface area contributed by atoms with E-state index in [-0.39, 0.29) is 11.5 Å². The van der Waals surface area contributed by atoms with Gasteiger partial charge in [-0.25, -0.2) is 0 Å². The molecule has 0 heterocycles. The molecule has 1 N–H and O–H groups in total. The highest BCUT2D eigenvalue weighted by Gasteiger charge is 2.13. The minimum atomic E-state index is 0.0295. The summed E-state index contributed by atoms with van der Waals surface area (Å²) in [6.45, 7) is 6.00. The fourth-order valence-electron chi connectivity index (χ4n) is 1.45. The summed E-state index contributed by atoms with van der Waals surface area (Å²) in [5.41, 5.74) is 1.41. The molecule has 1 aromatic rings. The molecule has 15 heavy (non-hydrogen) atoms.